The van der Waals surface area contributed by atoms with Gasteiger partial charge in [-0.2, -0.15) is 11.8 Å². The van der Waals surface area contributed by atoms with Crippen LogP contribution in [0.4, 0.5) is 0 Å². The zero-order chi connectivity index (χ0) is 9.52. The number of hydrogen-bond acceptors (Lipinski definition) is 3. The van der Waals surface area contributed by atoms with Crippen LogP contribution < -0.4 is 5.32 Å². The van der Waals surface area contributed by atoms with E-state index in [-0.39, 0.29) is 0 Å². The summed E-state index contributed by atoms with van der Waals surface area (Å²) in [5, 5.41) is 3.59. The Morgan fingerprint density at radius 2 is 2.38 bits per heavy atom. The molecule has 0 aliphatic carbocycles. The molecule has 2 nitrogen and oxygen atoms in total. The monoisotopic (exact) mass is 202 g/mol. The van der Waals surface area contributed by atoms with E-state index < -0.39 is 0 Å². The van der Waals surface area contributed by atoms with Crippen molar-refractivity contribution in [1.82, 2.24) is 10.2 Å². The molecule has 0 amide bonds. The Bertz CT molecular complexity index is 130. The normalized spacial score (nSPS) is 25.8. The first kappa shape index (κ1) is 11.3. The second kappa shape index (κ2) is 6.68. The minimum absolute atomic E-state index is 0.726. The fraction of sp³-hybridized carbons (Fsp3) is 1.00. The molecule has 1 unspecified atom stereocenters. The van der Waals surface area contributed by atoms with E-state index >= 15 is 0 Å². The first-order chi connectivity index (χ1) is 6.36. The van der Waals surface area contributed by atoms with Crippen LogP contribution in [0.1, 0.15) is 19.8 Å². The van der Waals surface area contributed by atoms with Gasteiger partial charge in [0.2, 0.25) is 0 Å². The molecule has 1 aliphatic rings. The van der Waals surface area contributed by atoms with Gasteiger partial charge in [0, 0.05) is 24.9 Å². The maximum absolute atomic E-state index is 3.59. The van der Waals surface area contributed by atoms with Crippen LogP contribution in [0.2, 0.25) is 0 Å². The van der Waals surface area contributed by atoms with E-state index in [1.54, 1.807) is 0 Å². The van der Waals surface area contributed by atoms with Gasteiger partial charge in [0.05, 0.1) is 0 Å². The molecule has 0 saturated carbocycles. The second-order valence-electron chi connectivity index (χ2n) is 3.71. The molecule has 0 spiro atoms. The van der Waals surface area contributed by atoms with E-state index in [0.717, 1.165) is 6.04 Å². The lowest BCUT2D eigenvalue weighted by molar-refractivity contribution is 0.281. The third-order valence-corrected chi connectivity index (χ3v) is 3.26. The molecule has 1 saturated heterocycles. The molecule has 1 N–H and O–H groups in total. The molecule has 78 valence electrons. The van der Waals surface area contributed by atoms with Crippen molar-refractivity contribution in [3.63, 3.8) is 0 Å². The number of nitrogens with zero attached hydrogens (tertiary/aromatic N) is 1. The lowest BCUT2D eigenvalue weighted by Crippen LogP contribution is -2.38. The standard InChI is InChI=1S/C10H22N2S/c1-3-10-9-12(7-8-13-2)6-4-5-11-10/h10-11H,3-9H2,1-2H3. The maximum Gasteiger partial charge on any atom is 0.0192 e. The largest absolute Gasteiger partial charge is 0.313 e. The Morgan fingerprint density at radius 3 is 3.08 bits per heavy atom. The molecule has 0 bridgehead atoms. The smallest absolute Gasteiger partial charge is 0.0192 e. The predicted molar refractivity (Wildman–Crippen MR) is 61.5 cm³/mol. The van der Waals surface area contributed by atoms with Crippen LogP contribution in [0.5, 0.6) is 0 Å². The summed E-state index contributed by atoms with van der Waals surface area (Å²) in [7, 11) is 0. The third-order valence-electron chi connectivity index (χ3n) is 2.67. The second-order valence-corrected chi connectivity index (χ2v) is 4.69. The fourth-order valence-corrected chi connectivity index (χ4v) is 2.21. The molecule has 0 aromatic heterocycles. The van der Waals surface area contributed by atoms with Crippen molar-refractivity contribution >= 4 is 11.8 Å². The van der Waals surface area contributed by atoms with E-state index in [1.807, 2.05) is 11.8 Å². The van der Waals surface area contributed by atoms with Crippen LogP contribution in [-0.4, -0.2) is 49.1 Å². The molecule has 1 aliphatic heterocycles. The molecule has 1 rings (SSSR count). The maximum atomic E-state index is 3.59. The molecule has 13 heavy (non-hydrogen) atoms. The summed E-state index contributed by atoms with van der Waals surface area (Å²) in [6.45, 7) is 7.27. The number of thioether (sulfide) groups is 1. The molecular weight excluding hydrogens is 180 g/mol. The van der Waals surface area contributed by atoms with Crippen molar-refractivity contribution in [1.29, 1.82) is 0 Å². The summed E-state index contributed by atoms with van der Waals surface area (Å²) in [4.78, 5) is 2.60. The highest BCUT2D eigenvalue weighted by Crippen LogP contribution is 2.04. The minimum atomic E-state index is 0.726. The topological polar surface area (TPSA) is 15.3 Å². The lowest BCUT2D eigenvalue weighted by Gasteiger charge is -2.23. The van der Waals surface area contributed by atoms with E-state index in [4.69, 9.17) is 0 Å². The average molecular weight is 202 g/mol. The number of hydrogen-bond donors (Lipinski definition) is 1. The van der Waals surface area contributed by atoms with Gasteiger partial charge in [-0.1, -0.05) is 6.92 Å². The number of nitrogens with one attached hydrogen (secondary N) is 1. The van der Waals surface area contributed by atoms with E-state index in [1.165, 1.54) is 44.8 Å². The molecule has 1 atom stereocenters. The molecule has 1 heterocycles. The van der Waals surface area contributed by atoms with Crippen molar-refractivity contribution in [2.45, 2.75) is 25.8 Å². The van der Waals surface area contributed by atoms with Gasteiger partial charge in [-0.15, -0.1) is 0 Å². The molecule has 1 fully saturated rings. The highest BCUT2D eigenvalue weighted by atomic mass is 32.2. The summed E-state index contributed by atoms with van der Waals surface area (Å²) in [5.41, 5.74) is 0. The molecule has 0 radical (unpaired) electrons. The van der Waals surface area contributed by atoms with Gasteiger partial charge in [0.25, 0.3) is 0 Å². The summed E-state index contributed by atoms with van der Waals surface area (Å²) < 4.78 is 0. The molecular formula is C10H22N2S. The molecule has 3 heteroatoms. The summed E-state index contributed by atoms with van der Waals surface area (Å²) in [6.07, 6.45) is 4.76. The van der Waals surface area contributed by atoms with Crippen LogP contribution in [0.15, 0.2) is 0 Å². The van der Waals surface area contributed by atoms with Gasteiger partial charge in [0.15, 0.2) is 0 Å². The van der Waals surface area contributed by atoms with Crippen molar-refractivity contribution < 1.29 is 0 Å². The van der Waals surface area contributed by atoms with Gasteiger partial charge in [-0.05, 0) is 32.2 Å². The molecule has 0 aromatic carbocycles. The summed E-state index contributed by atoms with van der Waals surface area (Å²) in [5.74, 6) is 1.27. The first-order valence-electron chi connectivity index (χ1n) is 5.31. The minimum Gasteiger partial charge on any atom is -0.313 e. The zero-order valence-electron chi connectivity index (χ0n) is 8.88. The summed E-state index contributed by atoms with van der Waals surface area (Å²) in [6, 6.07) is 0.726. The van der Waals surface area contributed by atoms with Crippen molar-refractivity contribution in [3.05, 3.63) is 0 Å². The van der Waals surface area contributed by atoms with Gasteiger partial charge in [-0.25, -0.2) is 0 Å². The lowest BCUT2D eigenvalue weighted by atomic mass is 10.2. The van der Waals surface area contributed by atoms with Crippen molar-refractivity contribution in [3.8, 4) is 0 Å². The average Bonchev–Trinajstić information content (AvgIpc) is 2.39. The Labute approximate surface area is 86.5 Å². The molecule has 0 aromatic rings. The fourth-order valence-electron chi connectivity index (χ4n) is 1.77. The van der Waals surface area contributed by atoms with Crippen LogP contribution >= 0.6 is 11.8 Å². The predicted octanol–water partition coefficient (Wildman–Crippen LogP) is 1.42. The van der Waals surface area contributed by atoms with Crippen LogP contribution in [0, 0.1) is 0 Å². The van der Waals surface area contributed by atoms with Gasteiger partial charge in [0.1, 0.15) is 0 Å². The zero-order valence-corrected chi connectivity index (χ0v) is 9.70. The Balaban J connectivity index is 2.26. The quantitative estimate of drug-likeness (QED) is 0.742. The van der Waals surface area contributed by atoms with Crippen molar-refractivity contribution in [2.75, 3.05) is 38.2 Å². The summed E-state index contributed by atoms with van der Waals surface area (Å²) >= 11 is 1.95. The Morgan fingerprint density at radius 1 is 1.54 bits per heavy atom. The first-order valence-corrected chi connectivity index (χ1v) is 6.71. The van der Waals surface area contributed by atoms with Crippen molar-refractivity contribution in [2.24, 2.45) is 0 Å². The van der Waals surface area contributed by atoms with E-state index in [2.05, 4.69) is 23.4 Å². The highest BCUT2D eigenvalue weighted by molar-refractivity contribution is 7.98. The third kappa shape index (κ3) is 4.34. The van der Waals surface area contributed by atoms with Crippen LogP contribution in [-0.2, 0) is 0 Å². The van der Waals surface area contributed by atoms with Crippen LogP contribution in [0.25, 0.3) is 0 Å². The Hall–Kier alpha value is 0.270. The van der Waals surface area contributed by atoms with Crippen LogP contribution in [0.3, 0.4) is 0 Å². The van der Waals surface area contributed by atoms with Gasteiger partial charge < -0.3 is 10.2 Å². The SMILES string of the molecule is CCC1CN(CCSC)CCCN1. The van der Waals surface area contributed by atoms with Gasteiger partial charge in [-0.3, -0.25) is 0 Å². The van der Waals surface area contributed by atoms with E-state index in [0.29, 0.717) is 0 Å². The van der Waals surface area contributed by atoms with Gasteiger partial charge >= 0.3 is 0 Å². The Kier molecular flexibility index (Phi) is 5.83. The van der Waals surface area contributed by atoms with E-state index in [9.17, 15) is 0 Å². The highest BCUT2D eigenvalue weighted by Gasteiger charge is 2.14. The number of rotatable bonds is 4.